The molecular weight excluding hydrogens is 431 g/mol. The standard InChI is InChI=1S/C30H21BN2O2/c1-18-6-3-8-24(32-18)20-12-14-22-28(16-20)34-26-10-5-11-27-30(26)31(22)23-15-13-21(17-29(23)35-27)25-9-4-7-19(2)33-25/h3-17H,1-2H3. The lowest BCUT2D eigenvalue weighted by molar-refractivity contribution is 0.464. The number of nitrogens with zero attached hydrogens (tertiary/aromatic N) is 2. The van der Waals surface area contributed by atoms with Gasteiger partial charge in [-0.1, -0.05) is 42.5 Å². The van der Waals surface area contributed by atoms with E-state index in [0.29, 0.717) is 0 Å². The third-order valence-electron chi connectivity index (χ3n) is 6.77. The predicted molar refractivity (Wildman–Crippen MR) is 140 cm³/mol. The highest BCUT2D eigenvalue weighted by Gasteiger charge is 2.40. The predicted octanol–water partition coefficient (Wildman–Crippen LogP) is 5.16. The van der Waals surface area contributed by atoms with Crippen LogP contribution in [0.1, 0.15) is 11.4 Å². The van der Waals surface area contributed by atoms with Crippen molar-refractivity contribution in [3.05, 3.63) is 102 Å². The summed E-state index contributed by atoms with van der Waals surface area (Å²) in [5, 5.41) is 0. The van der Waals surface area contributed by atoms with E-state index in [-0.39, 0.29) is 6.71 Å². The zero-order chi connectivity index (χ0) is 23.5. The number of hydrogen-bond acceptors (Lipinski definition) is 4. The van der Waals surface area contributed by atoms with Gasteiger partial charge in [0.05, 0.1) is 11.4 Å². The summed E-state index contributed by atoms with van der Waals surface area (Å²) in [5.74, 6) is 3.39. The van der Waals surface area contributed by atoms with Gasteiger partial charge in [0.2, 0.25) is 0 Å². The summed E-state index contributed by atoms with van der Waals surface area (Å²) in [6.45, 7) is 4.05. The van der Waals surface area contributed by atoms with E-state index >= 15 is 0 Å². The molecule has 0 amide bonds. The number of rotatable bonds is 2. The van der Waals surface area contributed by atoms with E-state index in [4.69, 9.17) is 19.4 Å². The zero-order valence-electron chi connectivity index (χ0n) is 19.4. The van der Waals surface area contributed by atoms with Crippen LogP contribution in [-0.2, 0) is 0 Å². The molecule has 0 fully saturated rings. The van der Waals surface area contributed by atoms with Gasteiger partial charge in [0.25, 0.3) is 6.71 Å². The van der Waals surface area contributed by atoms with Crippen LogP contribution in [0.15, 0.2) is 91.0 Å². The van der Waals surface area contributed by atoms with E-state index in [1.165, 1.54) is 0 Å². The lowest BCUT2D eigenvalue weighted by atomic mass is 9.35. The SMILES string of the molecule is Cc1cccc(-c2ccc3c(c2)Oc2cccc4c2B3c2ccc(-c3cccc(C)n3)cc2O4)n1. The fraction of sp³-hybridized carbons (Fsp3) is 0.0667. The second-order valence-electron chi connectivity index (χ2n) is 9.14. The van der Waals surface area contributed by atoms with Gasteiger partial charge in [0.15, 0.2) is 0 Å². The maximum atomic E-state index is 6.42. The highest BCUT2D eigenvalue weighted by molar-refractivity contribution is 6.98. The molecule has 2 aliphatic rings. The summed E-state index contributed by atoms with van der Waals surface area (Å²) in [7, 11) is 0. The number of hydrogen-bond donors (Lipinski definition) is 0. The van der Waals surface area contributed by atoms with Crippen LogP contribution in [0.5, 0.6) is 23.0 Å². The minimum atomic E-state index is 0.0349. The second-order valence-corrected chi connectivity index (χ2v) is 9.14. The summed E-state index contributed by atoms with van der Waals surface area (Å²) in [4.78, 5) is 9.40. The third kappa shape index (κ3) is 3.23. The Morgan fingerprint density at radius 3 is 1.51 bits per heavy atom. The summed E-state index contributed by atoms with van der Waals surface area (Å²) in [5.41, 5.74) is 9.30. The summed E-state index contributed by atoms with van der Waals surface area (Å²) in [6.07, 6.45) is 0. The van der Waals surface area contributed by atoms with Gasteiger partial charge >= 0.3 is 0 Å². The molecule has 3 aromatic carbocycles. The number of pyridine rings is 2. The normalized spacial score (nSPS) is 12.7. The topological polar surface area (TPSA) is 44.2 Å². The number of aromatic nitrogens is 2. The van der Waals surface area contributed by atoms with Crippen LogP contribution in [0.4, 0.5) is 0 Å². The van der Waals surface area contributed by atoms with E-state index in [1.54, 1.807) is 0 Å². The van der Waals surface area contributed by atoms with E-state index in [9.17, 15) is 0 Å². The van der Waals surface area contributed by atoms with Gasteiger partial charge < -0.3 is 9.47 Å². The van der Waals surface area contributed by atoms with Crippen molar-refractivity contribution in [1.82, 2.24) is 9.97 Å². The van der Waals surface area contributed by atoms with E-state index in [0.717, 1.165) is 73.3 Å². The van der Waals surface area contributed by atoms with Gasteiger partial charge in [-0.05, 0) is 73.3 Å². The van der Waals surface area contributed by atoms with E-state index in [1.807, 2.05) is 68.4 Å². The molecule has 4 heterocycles. The van der Waals surface area contributed by atoms with Crippen molar-refractivity contribution in [3.8, 4) is 45.5 Å². The first-order valence-electron chi connectivity index (χ1n) is 11.8. The molecule has 0 unspecified atom stereocenters. The monoisotopic (exact) mass is 452 g/mol. The van der Waals surface area contributed by atoms with Crippen molar-refractivity contribution < 1.29 is 9.47 Å². The molecule has 2 aromatic heterocycles. The van der Waals surface area contributed by atoms with Crippen LogP contribution in [0.2, 0.25) is 0 Å². The van der Waals surface area contributed by atoms with Gasteiger partial charge in [-0.25, -0.2) is 0 Å². The Kier molecular flexibility index (Phi) is 4.33. The number of aryl methyl sites for hydroxylation is 2. The molecule has 0 saturated carbocycles. The van der Waals surface area contributed by atoms with Crippen LogP contribution in [0.3, 0.4) is 0 Å². The van der Waals surface area contributed by atoms with Crippen LogP contribution >= 0.6 is 0 Å². The summed E-state index contributed by atoms with van der Waals surface area (Å²) in [6, 6.07) is 31.0. The molecule has 5 heteroatoms. The zero-order valence-corrected chi connectivity index (χ0v) is 19.4. The van der Waals surface area contributed by atoms with Crippen molar-refractivity contribution in [2.75, 3.05) is 0 Å². The lowest BCUT2D eigenvalue weighted by Crippen LogP contribution is -2.57. The minimum Gasteiger partial charge on any atom is -0.458 e. The smallest absolute Gasteiger partial charge is 0.260 e. The molecule has 0 bridgehead atoms. The Morgan fingerprint density at radius 2 is 1.03 bits per heavy atom. The number of fused-ring (bicyclic) bond motifs is 4. The highest BCUT2D eigenvalue weighted by Crippen LogP contribution is 2.36. The Labute approximate surface area is 204 Å². The average Bonchev–Trinajstić information content (AvgIpc) is 2.88. The number of benzene rings is 3. The second kappa shape index (κ2) is 7.57. The Morgan fingerprint density at radius 1 is 0.543 bits per heavy atom. The van der Waals surface area contributed by atoms with Gasteiger partial charge in [0.1, 0.15) is 23.0 Å². The van der Waals surface area contributed by atoms with Crippen molar-refractivity contribution in [2.24, 2.45) is 0 Å². The van der Waals surface area contributed by atoms with Gasteiger partial charge in [0, 0.05) is 28.0 Å². The van der Waals surface area contributed by atoms with Crippen molar-refractivity contribution in [2.45, 2.75) is 13.8 Å². The summed E-state index contributed by atoms with van der Waals surface area (Å²) < 4.78 is 12.8. The molecule has 5 aromatic rings. The molecule has 7 rings (SSSR count). The van der Waals surface area contributed by atoms with Crippen molar-refractivity contribution in [1.29, 1.82) is 0 Å². The van der Waals surface area contributed by atoms with E-state index < -0.39 is 0 Å². The first-order chi connectivity index (χ1) is 17.1. The molecule has 0 spiro atoms. The largest absolute Gasteiger partial charge is 0.458 e. The third-order valence-corrected chi connectivity index (χ3v) is 6.77. The van der Waals surface area contributed by atoms with Crippen LogP contribution in [0, 0.1) is 13.8 Å². The van der Waals surface area contributed by atoms with E-state index in [2.05, 4.69) is 36.4 Å². The Balaban J connectivity index is 1.38. The van der Waals surface area contributed by atoms with Crippen molar-refractivity contribution >= 4 is 23.1 Å². The molecule has 166 valence electrons. The molecule has 0 atom stereocenters. The summed E-state index contributed by atoms with van der Waals surface area (Å²) >= 11 is 0. The Hall–Kier alpha value is -4.38. The average molecular weight is 452 g/mol. The highest BCUT2D eigenvalue weighted by atomic mass is 16.5. The van der Waals surface area contributed by atoms with Crippen LogP contribution < -0.4 is 25.9 Å². The van der Waals surface area contributed by atoms with Crippen LogP contribution in [-0.4, -0.2) is 16.7 Å². The molecule has 0 N–H and O–H groups in total. The van der Waals surface area contributed by atoms with Crippen molar-refractivity contribution in [3.63, 3.8) is 0 Å². The molecular formula is C30H21BN2O2. The molecule has 0 aliphatic carbocycles. The maximum Gasteiger partial charge on any atom is 0.260 e. The number of ether oxygens (including phenoxy) is 2. The molecule has 4 nitrogen and oxygen atoms in total. The lowest BCUT2D eigenvalue weighted by Gasteiger charge is -2.33. The molecule has 35 heavy (non-hydrogen) atoms. The van der Waals surface area contributed by atoms with Gasteiger partial charge in [-0.2, -0.15) is 0 Å². The minimum absolute atomic E-state index is 0.0349. The fourth-order valence-electron chi connectivity index (χ4n) is 5.15. The quantitative estimate of drug-likeness (QED) is 0.340. The maximum absolute atomic E-state index is 6.42. The first-order valence-corrected chi connectivity index (χ1v) is 11.8. The molecule has 2 aliphatic heterocycles. The van der Waals surface area contributed by atoms with Crippen LogP contribution in [0.25, 0.3) is 22.5 Å². The molecule has 0 saturated heterocycles. The molecule has 0 radical (unpaired) electrons. The van der Waals surface area contributed by atoms with Gasteiger partial charge in [-0.15, -0.1) is 0 Å². The Bertz CT molecular complexity index is 1530. The fourth-order valence-corrected chi connectivity index (χ4v) is 5.15. The first kappa shape index (κ1) is 20.0. The van der Waals surface area contributed by atoms with Gasteiger partial charge in [-0.3, -0.25) is 9.97 Å².